The Hall–Kier alpha value is -1.20. The molecule has 1 aromatic rings. The molecule has 4 nitrogen and oxygen atoms in total. The Morgan fingerprint density at radius 1 is 1.39 bits per heavy atom. The van der Waals surface area contributed by atoms with Gasteiger partial charge in [0, 0.05) is 11.1 Å². The molecular formula is C13H15BrO4. The van der Waals surface area contributed by atoms with E-state index in [1.165, 1.54) is 6.07 Å². The van der Waals surface area contributed by atoms with Gasteiger partial charge in [-0.1, -0.05) is 35.0 Å². The summed E-state index contributed by atoms with van der Waals surface area (Å²) in [7, 11) is 0. The highest BCUT2D eigenvalue weighted by atomic mass is 79.9. The molecule has 0 spiro atoms. The quantitative estimate of drug-likeness (QED) is 0.646. The molecule has 0 radical (unpaired) electrons. The van der Waals surface area contributed by atoms with Gasteiger partial charge in [-0.05, 0) is 25.0 Å². The van der Waals surface area contributed by atoms with Gasteiger partial charge >= 0.3 is 5.97 Å². The van der Waals surface area contributed by atoms with Gasteiger partial charge in [-0.2, -0.15) is 0 Å². The molecule has 1 aromatic carbocycles. The molecule has 18 heavy (non-hydrogen) atoms. The average Bonchev–Trinajstić information content (AvgIpc) is 2.35. The van der Waals surface area contributed by atoms with Gasteiger partial charge in [0.1, 0.15) is 0 Å². The van der Waals surface area contributed by atoms with E-state index in [1.807, 2.05) is 6.92 Å². The highest BCUT2D eigenvalue weighted by Gasteiger charge is 2.24. The summed E-state index contributed by atoms with van der Waals surface area (Å²) in [6.07, 6.45) is -0.943. The number of benzene rings is 1. The van der Waals surface area contributed by atoms with E-state index in [1.54, 1.807) is 19.1 Å². The van der Waals surface area contributed by atoms with Crippen molar-refractivity contribution in [2.24, 2.45) is 0 Å². The molecule has 0 aliphatic carbocycles. The van der Waals surface area contributed by atoms with Crippen LogP contribution in [0, 0.1) is 0 Å². The van der Waals surface area contributed by atoms with E-state index >= 15 is 0 Å². The van der Waals surface area contributed by atoms with Crippen molar-refractivity contribution in [1.82, 2.24) is 0 Å². The number of carboxylic acid groups (broad SMARTS) is 1. The van der Waals surface area contributed by atoms with Crippen LogP contribution in [0.4, 0.5) is 0 Å². The molecule has 0 aliphatic rings. The molecule has 2 N–H and O–H groups in total. The second-order valence-electron chi connectivity index (χ2n) is 4.00. The number of carbonyl (C=O) groups excluding carboxylic acids is 1. The zero-order valence-corrected chi connectivity index (χ0v) is 11.8. The minimum atomic E-state index is -1.68. The molecule has 0 amide bonds. The fraction of sp³-hybridized carbons (Fsp3) is 0.385. The Morgan fingerprint density at radius 2 is 2.00 bits per heavy atom. The molecular weight excluding hydrogens is 300 g/mol. The van der Waals surface area contributed by atoms with Gasteiger partial charge in [0.25, 0.3) is 0 Å². The molecule has 0 aromatic heterocycles. The third-order valence-corrected chi connectivity index (χ3v) is 3.10. The van der Waals surface area contributed by atoms with Crippen molar-refractivity contribution in [2.45, 2.75) is 31.2 Å². The van der Waals surface area contributed by atoms with E-state index in [-0.39, 0.29) is 16.9 Å². The van der Waals surface area contributed by atoms with Crippen LogP contribution >= 0.6 is 15.9 Å². The first-order valence-electron chi connectivity index (χ1n) is 5.60. The first kappa shape index (κ1) is 14.9. The number of aliphatic hydroxyl groups is 1. The lowest BCUT2D eigenvalue weighted by atomic mass is 9.95. The van der Waals surface area contributed by atoms with Crippen LogP contribution in [-0.4, -0.2) is 26.8 Å². The minimum Gasteiger partial charge on any atom is -0.479 e. The van der Waals surface area contributed by atoms with Crippen LogP contribution in [0.15, 0.2) is 18.2 Å². The summed E-state index contributed by atoms with van der Waals surface area (Å²) in [4.78, 5) is 22.4. The van der Waals surface area contributed by atoms with Crippen molar-refractivity contribution < 1.29 is 19.8 Å². The monoisotopic (exact) mass is 314 g/mol. The fourth-order valence-corrected chi connectivity index (χ4v) is 1.87. The lowest BCUT2D eigenvalue weighted by Crippen LogP contribution is -2.18. The second-order valence-corrected chi connectivity index (χ2v) is 5.37. The second kappa shape index (κ2) is 6.11. The van der Waals surface area contributed by atoms with E-state index < -0.39 is 16.9 Å². The zero-order chi connectivity index (χ0) is 13.9. The van der Waals surface area contributed by atoms with Gasteiger partial charge in [0.05, 0.1) is 4.83 Å². The Morgan fingerprint density at radius 3 is 2.44 bits per heavy atom. The Bertz CT molecular complexity index is 468. The number of carbonyl (C=O) groups is 2. The highest BCUT2D eigenvalue weighted by Crippen LogP contribution is 2.23. The third-order valence-electron chi connectivity index (χ3n) is 2.68. The van der Waals surface area contributed by atoms with Crippen molar-refractivity contribution in [2.75, 3.05) is 0 Å². The number of hydrogen-bond donors (Lipinski definition) is 2. The average molecular weight is 315 g/mol. The summed E-state index contributed by atoms with van der Waals surface area (Å²) in [5.41, 5.74) is 1.32. The molecule has 1 rings (SSSR count). The van der Waals surface area contributed by atoms with E-state index in [0.29, 0.717) is 0 Å². The number of aryl methyl sites for hydroxylation is 1. The van der Waals surface area contributed by atoms with Crippen LogP contribution < -0.4 is 0 Å². The predicted octanol–water partition coefficient (Wildman–Crippen LogP) is 2.33. The van der Waals surface area contributed by atoms with Crippen LogP contribution in [0.1, 0.15) is 41.4 Å². The number of hydrogen-bond acceptors (Lipinski definition) is 3. The van der Waals surface area contributed by atoms with Crippen molar-refractivity contribution in [3.63, 3.8) is 0 Å². The van der Waals surface area contributed by atoms with Gasteiger partial charge in [-0.3, -0.25) is 4.79 Å². The molecule has 0 heterocycles. The van der Waals surface area contributed by atoms with Gasteiger partial charge < -0.3 is 10.2 Å². The van der Waals surface area contributed by atoms with Crippen LogP contribution in [0.5, 0.6) is 0 Å². The Labute approximate surface area is 114 Å². The lowest BCUT2D eigenvalue weighted by Gasteiger charge is -2.14. The van der Waals surface area contributed by atoms with Crippen molar-refractivity contribution in [1.29, 1.82) is 0 Å². The normalized spacial score (nSPS) is 14.0. The standard InChI is InChI=1S/C13H15BrO4/c1-3-8-4-5-9(12(16)13(17)18)10(6-8)11(15)7(2)14/h4-7,12,16H,3H2,1-2H3,(H,17,18). The number of aliphatic carboxylic acids is 1. The molecule has 98 valence electrons. The summed E-state index contributed by atoms with van der Waals surface area (Å²) in [5.74, 6) is -1.60. The topological polar surface area (TPSA) is 74.6 Å². The van der Waals surface area contributed by atoms with Crippen molar-refractivity contribution >= 4 is 27.7 Å². The number of halogens is 1. The summed E-state index contributed by atoms with van der Waals surface area (Å²) >= 11 is 3.16. The summed E-state index contributed by atoms with van der Waals surface area (Å²) < 4.78 is 0. The van der Waals surface area contributed by atoms with E-state index in [4.69, 9.17) is 5.11 Å². The van der Waals surface area contributed by atoms with E-state index in [9.17, 15) is 14.7 Å². The van der Waals surface area contributed by atoms with Gasteiger partial charge in [0.2, 0.25) is 0 Å². The van der Waals surface area contributed by atoms with Crippen molar-refractivity contribution in [3.05, 3.63) is 34.9 Å². The van der Waals surface area contributed by atoms with Crippen LogP contribution in [0.3, 0.4) is 0 Å². The molecule has 0 fully saturated rings. The van der Waals surface area contributed by atoms with Gasteiger partial charge in [-0.25, -0.2) is 4.79 Å². The van der Waals surface area contributed by atoms with Crippen molar-refractivity contribution in [3.8, 4) is 0 Å². The number of Topliss-reactive ketones (excluding diaryl/α,β-unsaturated/α-hetero) is 1. The van der Waals surface area contributed by atoms with Crippen LogP contribution in [-0.2, 0) is 11.2 Å². The van der Waals surface area contributed by atoms with Crippen LogP contribution in [0.25, 0.3) is 0 Å². The maximum absolute atomic E-state index is 12.0. The SMILES string of the molecule is CCc1ccc(C(O)C(=O)O)c(C(=O)C(C)Br)c1. The molecule has 0 aliphatic heterocycles. The predicted molar refractivity (Wildman–Crippen MR) is 71.1 cm³/mol. The van der Waals surface area contributed by atoms with Crippen LogP contribution in [0.2, 0.25) is 0 Å². The molecule has 0 saturated heterocycles. The van der Waals surface area contributed by atoms with E-state index in [0.717, 1.165) is 12.0 Å². The third kappa shape index (κ3) is 3.17. The van der Waals surface area contributed by atoms with E-state index in [2.05, 4.69) is 15.9 Å². The summed E-state index contributed by atoms with van der Waals surface area (Å²) in [6.45, 7) is 3.60. The number of alkyl halides is 1. The number of ketones is 1. The molecule has 5 heteroatoms. The largest absolute Gasteiger partial charge is 0.479 e. The number of aliphatic hydroxyl groups excluding tert-OH is 1. The zero-order valence-electron chi connectivity index (χ0n) is 10.2. The first-order valence-corrected chi connectivity index (χ1v) is 6.52. The first-order chi connectivity index (χ1) is 8.38. The van der Waals surface area contributed by atoms with Gasteiger partial charge in [0.15, 0.2) is 11.9 Å². The maximum Gasteiger partial charge on any atom is 0.337 e. The molecule has 2 atom stereocenters. The number of carboxylic acids is 1. The number of rotatable bonds is 5. The smallest absolute Gasteiger partial charge is 0.337 e. The highest BCUT2D eigenvalue weighted by molar-refractivity contribution is 9.10. The Kier molecular flexibility index (Phi) is 5.04. The Balaban J connectivity index is 3.33. The minimum absolute atomic E-state index is 0.135. The lowest BCUT2D eigenvalue weighted by molar-refractivity contribution is -0.146. The summed E-state index contributed by atoms with van der Waals surface area (Å²) in [6, 6.07) is 4.86. The molecule has 0 bridgehead atoms. The molecule has 2 unspecified atom stereocenters. The van der Waals surface area contributed by atoms with Gasteiger partial charge in [-0.15, -0.1) is 0 Å². The summed E-state index contributed by atoms with van der Waals surface area (Å²) in [5, 5.41) is 18.4. The molecule has 0 saturated carbocycles. The fourth-order valence-electron chi connectivity index (χ4n) is 1.62. The maximum atomic E-state index is 12.0.